The third-order valence-corrected chi connectivity index (χ3v) is 6.22. The van der Waals surface area contributed by atoms with Crippen LogP contribution in [0, 0.1) is 0 Å². The van der Waals surface area contributed by atoms with Gasteiger partial charge in [-0.15, -0.1) is 0 Å². The molecular formula is C23H26BrN3O3. The maximum atomic E-state index is 12.9. The van der Waals surface area contributed by atoms with Crippen molar-refractivity contribution in [3.63, 3.8) is 0 Å². The third-order valence-electron chi connectivity index (χ3n) is 5.69. The number of likely N-dealkylation sites (tertiary alicyclic amines) is 1. The molecule has 0 aliphatic carbocycles. The largest absolute Gasteiger partial charge is 0.378 e. The standard InChI is InChI=1S/C23H26BrN3O3/c24-19-7-5-18(6-8-19)23(29)27-11-1-2-21(27)22(28)25-16-17-3-9-20(10-4-17)26-12-14-30-15-13-26/h3-10,21H,1-2,11-16H2,(H,25,28). The van der Waals surface area contributed by atoms with Crippen LogP contribution in [0.5, 0.6) is 0 Å². The first-order chi connectivity index (χ1) is 14.6. The molecular weight excluding hydrogens is 446 g/mol. The Bertz CT molecular complexity index is 880. The highest BCUT2D eigenvalue weighted by Crippen LogP contribution is 2.22. The van der Waals surface area contributed by atoms with Gasteiger partial charge in [-0.3, -0.25) is 9.59 Å². The van der Waals surface area contributed by atoms with Gasteiger partial charge in [-0.1, -0.05) is 28.1 Å². The highest BCUT2D eigenvalue weighted by atomic mass is 79.9. The Morgan fingerprint density at radius 1 is 1.00 bits per heavy atom. The molecule has 0 bridgehead atoms. The van der Waals surface area contributed by atoms with Crippen LogP contribution in [0.2, 0.25) is 0 Å². The van der Waals surface area contributed by atoms with Crippen LogP contribution in [-0.2, 0) is 16.1 Å². The Kier molecular flexibility index (Phi) is 6.69. The van der Waals surface area contributed by atoms with Crippen molar-refractivity contribution in [2.75, 3.05) is 37.7 Å². The summed E-state index contributed by atoms with van der Waals surface area (Å²) in [6.07, 6.45) is 1.54. The number of nitrogens with one attached hydrogen (secondary N) is 1. The van der Waals surface area contributed by atoms with E-state index in [9.17, 15) is 9.59 Å². The monoisotopic (exact) mass is 471 g/mol. The molecule has 2 aromatic carbocycles. The molecule has 4 rings (SSSR count). The molecule has 2 heterocycles. The quantitative estimate of drug-likeness (QED) is 0.726. The van der Waals surface area contributed by atoms with Gasteiger partial charge >= 0.3 is 0 Å². The highest BCUT2D eigenvalue weighted by Gasteiger charge is 2.34. The number of carbonyl (C=O) groups is 2. The van der Waals surface area contributed by atoms with Gasteiger partial charge in [-0.05, 0) is 54.8 Å². The Balaban J connectivity index is 1.33. The number of nitrogens with zero attached hydrogens (tertiary/aromatic N) is 2. The minimum absolute atomic E-state index is 0.0878. The zero-order valence-electron chi connectivity index (χ0n) is 16.9. The van der Waals surface area contributed by atoms with E-state index in [1.165, 1.54) is 5.69 Å². The first-order valence-electron chi connectivity index (χ1n) is 10.4. The number of anilines is 1. The first kappa shape index (κ1) is 20.9. The predicted molar refractivity (Wildman–Crippen MR) is 120 cm³/mol. The van der Waals surface area contributed by atoms with Gasteiger partial charge in [-0.2, -0.15) is 0 Å². The van der Waals surface area contributed by atoms with Crippen LogP contribution < -0.4 is 10.2 Å². The summed E-state index contributed by atoms with van der Waals surface area (Å²) in [4.78, 5) is 29.6. The molecule has 0 aromatic heterocycles. The number of hydrogen-bond acceptors (Lipinski definition) is 4. The van der Waals surface area contributed by atoms with Crippen molar-refractivity contribution in [2.24, 2.45) is 0 Å². The van der Waals surface area contributed by atoms with Crippen molar-refractivity contribution in [1.29, 1.82) is 0 Å². The normalized spacial score (nSPS) is 19.0. The van der Waals surface area contributed by atoms with E-state index < -0.39 is 6.04 Å². The van der Waals surface area contributed by atoms with E-state index >= 15 is 0 Å². The molecule has 0 spiro atoms. The SMILES string of the molecule is O=C(NCc1ccc(N2CCOCC2)cc1)C1CCCN1C(=O)c1ccc(Br)cc1. The van der Waals surface area contributed by atoms with E-state index in [0.717, 1.165) is 42.8 Å². The highest BCUT2D eigenvalue weighted by molar-refractivity contribution is 9.10. The lowest BCUT2D eigenvalue weighted by atomic mass is 10.1. The van der Waals surface area contributed by atoms with Crippen molar-refractivity contribution in [3.05, 3.63) is 64.1 Å². The molecule has 0 saturated carbocycles. The summed E-state index contributed by atoms with van der Waals surface area (Å²) in [5.41, 5.74) is 2.83. The smallest absolute Gasteiger partial charge is 0.254 e. The fourth-order valence-corrected chi connectivity index (χ4v) is 4.26. The molecule has 2 aliphatic rings. The molecule has 1 atom stereocenters. The van der Waals surface area contributed by atoms with Crippen LogP contribution in [-0.4, -0.2) is 55.6 Å². The third kappa shape index (κ3) is 4.84. The van der Waals surface area contributed by atoms with E-state index in [1.54, 1.807) is 17.0 Å². The summed E-state index contributed by atoms with van der Waals surface area (Å²) < 4.78 is 6.32. The van der Waals surface area contributed by atoms with Crippen LogP contribution in [0.4, 0.5) is 5.69 Å². The lowest BCUT2D eigenvalue weighted by Crippen LogP contribution is -2.45. The van der Waals surface area contributed by atoms with Gasteiger partial charge in [0.05, 0.1) is 13.2 Å². The number of carbonyl (C=O) groups excluding carboxylic acids is 2. The summed E-state index contributed by atoms with van der Waals surface area (Å²) in [6.45, 7) is 4.39. The summed E-state index contributed by atoms with van der Waals surface area (Å²) in [6, 6.07) is 15.1. The first-order valence-corrected chi connectivity index (χ1v) is 11.2. The molecule has 30 heavy (non-hydrogen) atoms. The Morgan fingerprint density at radius 3 is 2.40 bits per heavy atom. The average molecular weight is 472 g/mol. The number of halogens is 1. The van der Waals surface area contributed by atoms with Crippen LogP contribution in [0.3, 0.4) is 0 Å². The topological polar surface area (TPSA) is 61.9 Å². The molecule has 7 heteroatoms. The Morgan fingerprint density at radius 2 is 1.70 bits per heavy atom. The van der Waals surface area contributed by atoms with E-state index in [4.69, 9.17) is 4.74 Å². The summed E-state index contributed by atoms with van der Waals surface area (Å²) >= 11 is 3.39. The van der Waals surface area contributed by atoms with Crippen LogP contribution in [0.1, 0.15) is 28.8 Å². The molecule has 2 saturated heterocycles. The molecule has 6 nitrogen and oxygen atoms in total. The lowest BCUT2D eigenvalue weighted by Gasteiger charge is -2.29. The van der Waals surface area contributed by atoms with Crippen molar-refractivity contribution >= 4 is 33.4 Å². The van der Waals surface area contributed by atoms with Gasteiger partial charge in [-0.25, -0.2) is 0 Å². The number of morpholine rings is 1. The number of amides is 2. The van der Waals surface area contributed by atoms with E-state index in [0.29, 0.717) is 25.1 Å². The Hall–Kier alpha value is -2.38. The second-order valence-corrected chi connectivity index (χ2v) is 8.56. The summed E-state index contributed by atoms with van der Waals surface area (Å²) in [7, 11) is 0. The van der Waals surface area contributed by atoms with Gasteiger partial charge in [0, 0.05) is 41.9 Å². The zero-order valence-corrected chi connectivity index (χ0v) is 18.4. The number of hydrogen-bond donors (Lipinski definition) is 1. The van der Waals surface area contributed by atoms with Crippen molar-refractivity contribution in [1.82, 2.24) is 10.2 Å². The predicted octanol–water partition coefficient (Wildman–Crippen LogP) is 3.21. The van der Waals surface area contributed by atoms with Gasteiger partial charge in [0.1, 0.15) is 6.04 Å². The zero-order chi connectivity index (χ0) is 20.9. The minimum atomic E-state index is -0.409. The molecule has 2 aromatic rings. The van der Waals surface area contributed by atoms with Gasteiger partial charge in [0.25, 0.3) is 5.91 Å². The van der Waals surface area contributed by atoms with Crippen molar-refractivity contribution < 1.29 is 14.3 Å². The summed E-state index contributed by atoms with van der Waals surface area (Å²) in [5, 5.41) is 3.01. The molecule has 1 unspecified atom stereocenters. The van der Waals surface area contributed by atoms with Crippen LogP contribution in [0.15, 0.2) is 53.0 Å². The second kappa shape index (κ2) is 9.62. The molecule has 2 amide bonds. The maximum Gasteiger partial charge on any atom is 0.254 e. The van der Waals surface area contributed by atoms with Crippen LogP contribution >= 0.6 is 15.9 Å². The molecule has 2 fully saturated rings. The van der Waals surface area contributed by atoms with E-state index in [1.807, 2.05) is 24.3 Å². The molecule has 1 N–H and O–H groups in total. The average Bonchev–Trinajstić information content (AvgIpc) is 3.28. The Labute approximate surface area is 185 Å². The van der Waals surface area contributed by atoms with E-state index in [-0.39, 0.29) is 11.8 Å². The van der Waals surface area contributed by atoms with Crippen molar-refractivity contribution in [3.8, 4) is 0 Å². The van der Waals surface area contributed by atoms with Crippen molar-refractivity contribution in [2.45, 2.75) is 25.4 Å². The fraction of sp³-hybridized carbons (Fsp3) is 0.391. The summed E-state index contributed by atoms with van der Waals surface area (Å²) in [5.74, 6) is -0.176. The second-order valence-electron chi connectivity index (χ2n) is 7.65. The van der Waals surface area contributed by atoms with E-state index in [2.05, 4.69) is 38.3 Å². The maximum absolute atomic E-state index is 12.9. The number of rotatable bonds is 5. The van der Waals surface area contributed by atoms with Crippen LogP contribution in [0.25, 0.3) is 0 Å². The van der Waals surface area contributed by atoms with Gasteiger partial charge < -0.3 is 19.9 Å². The number of benzene rings is 2. The molecule has 2 aliphatic heterocycles. The lowest BCUT2D eigenvalue weighted by molar-refractivity contribution is -0.125. The minimum Gasteiger partial charge on any atom is -0.378 e. The van der Waals surface area contributed by atoms with Gasteiger partial charge in [0.2, 0.25) is 5.91 Å². The number of ether oxygens (including phenoxy) is 1. The fourth-order valence-electron chi connectivity index (χ4n) is 3.99. The van der Waals surface area contributed by atoms with Gasteiger partial charge in [0.15, 0.2) is 0 Å². The molecule has 158 valence electrons. The molecule has 0 radical (unpaired) electrons.